The predicted molar refractivity (Wildman–Crippen MR) is 317 cm³/mol. The van der Waals surface area contributed by atoms with Gasteiger partial charge in [0, 0.05) is 44.0 Å². The molecular formula is C63H116N7O8+. The zero-order valence-corrected chi connectivity index (χ0v) is 51.6. The number of nitrogens with one attached hydrogen (secondary N) is 5. The molecule has 15 heteroatoms. The number of unbranched alkanes of at least 4 members (excludes halogenated alkanes) is 16. The van der Waals surface area contributed by atoms with Crippen LogP contribution in [0, 0.1) is 40.4 Å². The summed E-state index contributed by atoms with van der Waals surface area (Å²) in [6.07, 6.45) is 33.0. The van der Waals surface area contributed by atoms with Gasteiger partial charge < -0.3 is 30.2 Å². The lowest BCUT2D eigenvalue weighted by Crippen LogP contribution is -2.94. The quantitative estimate of drug-likeness (QED) is 0.0275. The van der Waals surface area contributed by atoms with Crippen molar-refractivity contribution in [1.29, 1.82) is 0 Å². The first-order chi connectivity index (χ1) is 37.1. The molecule has 15 nitrogen and oxygen atoms in total. The van der Waals surface area contributed by atoms with Gasteiger partial charge in [-0.25, -0.2) is 24.7 Å². The fraction of sp³-hybridized carbons (Fsp3) is 0.873. The number of H-pyrrole nitrogens is 1. The Labute approximate surface area is 473 Å². The van der Waals surface area contributed by atoms with Gasteiger partial charge in [-0.2, -0.15) is 4.79 Å². The summed E-state index contributed by atoms with van der Waals surface area (Å²) in [6, 6.07) is -0.564. The maximum absolute atomic E-state index is 13.3. The van der Waals surface area contributed by atoms with Gasteiger partial charge in [-0.1, -0.05) is 198 Å². The largest absolute Gasteiger partial charge is 0.512 e. The van der Waals surface area contributed by atoms with Crippen molar-refractivity contribution in [1.82, 2.24) is 25.9 Å². The highest BCUT2D eigenvalue weighted by Crippen LogP contribution is 2.46. The Bertz CT molecular complexity index is 1940. The molecule has 6 unspecified atom stereocenters. The van der Waals surface area contributed by atoms with Crippen LogP contribution in [0.15, 0.2) is 4.79 Å². The third-order valence-electron chi connectivity index (χ3n) is 16.8. The maximum atomic E-state index is 13.3. The average Bonchev–Trinajstić information content (AvgIpc) is 3.43. The summed E-state index contributed by atoms with van der Waals surface area (Å²) in [7, 11) is 0. The van der Waals surface area contributed by atoms with Gasteiger partial charge in [-0.3, -0.25) is 15.1 Å². The van der Waals surface area contributed by atoms with E-state index in [1.165, 1.54) is 128 Å². The lowest BCUT2D eigenvalue weighted by Gasteiger charge is -2.46. The number of nitrogens with zero attached hydrogens (tertiary/aromatic N) is 1. The number of hydrogen-bond donors (Lipinski definition) is 6. The number of aromatic nitrogens is 2. The van der Waals surface area contributed by atoms with Gasteiger partial charge in [0.15, 0.2) is 0 Å². The molecular weight excluding hydrogens is 983 g/mol. The van der Waals surface area contributed by atoms with Crippen molar-refractivity contribution in [2.45, 2.75) is 287 Å². The van der Waals surface area contributed by atoms with Gasteiger partial charge in [-0.15, -0.1) is 0 Å². The highest BCUT2D eigenvalue weighted by molar-refractivity contribution is 5.87. The number of anilines is 1. The molecule has 7 N–H and O–H groups in total. The van der Waals surface area contributed by atoms with Crippen LogP contribution in [0.2, 0.25) is 0 Å². The molecule has 0 saturated heterocycles. The Morgan fingerprint density at radius 1 is 0.603 bits per heavy atom. The summed E-state index contributed by atoms with van der Waals surface area (Å²) >= 11 is 0. The first kappa shape index (κ1) is 68.4. The minimum Gasteiger partial charge on any atom is -0.449 e. The third-order valence-corrected chi connectivity index (χ3v) is 16.8. The van der Waals surface area contributed by atoms with Crippen molar-refractivity contribution in [3.05, 3.63) is 21.6 Å². The number of ether oxygens (including phenoxy) is 3. The second kappa shape index (κ2) is 36.5. The molecule has 0 spiro atoms. The van der Waals surface area contributed by atoms with E-state index in [2.05, 4.69) is 100 Å². The van der Waals surface area contributed by atoms with E-state index >= 15 is 0 Å². The topological polar surface area (TPSA) is 206 Å². The van der Waals surface area contributed by atoms with Crippen LogP contribution in [-0.4, -0.2) is 79.3 Å². The van der Waals surface area contributed by atoms with Crippen LogP contribution >= 0.6 is 0 Å². The molecule has 5 amide bonds. The Balaban J connectivity index is 1.45. The molecule has 6 atom stereocenters. The highest BCUT2D eigenvalue weighted by Gasteiger charge is 2.45. The van der Waals surface area contributed by atoms with Crippen molar-refractivity contribution in [3.63, 3.8) is 0 Å². The number of carbonyl (C=O) groups is 4. The second-order valence-corrected chi connectivity index (χ2v) is 26.7. The number of primary amides is 1. The lowest BCUT2D eigenvalue weighted by molar-refractivity contribution is -0.616. The van der Waals surface area contributed by atoms with Gasteiger partial charge >= 0.3 is 24.3 Å². The SMILES string of the molecule is CCCCCCCCC(CCCCCC)COC(=O)NC1CC(C)(C)CC(C)(CNC(=O)Nc2nc(C)c(CCOC(=O)NCC3(C)CC([NH2+]C(=O)OCC(CCCCCC)CCCCCCCC)CC(C)(C)C3)c(=O)[nH]2)C1. The van der Waals surface area contributed by atoms with Gasteiger partial charge in [0.1, 0.15) is 6.61 Å². The van der Waals surface area contributed by atoms with Crippen LogP contribution in [-0.2, 0) is 20.6 Å². The molecule has 0 aromatic carbocycles. The number of hydrogen-bond acceptors (Lipinski definition) is 9. The van der Waals surface area contributed by atoms with Gasteiger partial charge in [0.2, 0.25) is 5.95 Å². The smallest absolute Gasteiger partial charge is 0.449 e. The van der Waals surface area contributed by atoms with Gasteiger partial charge in [-0.05, 0) is 91.8 Å². The summed E-state index contributed by atoms with van der Waals surface area (Å²) in [5.74, 6) is 0.809. The minimum absolute atomic E-state index is 0.0203. The molecule has 78 heavy (non-hydrogen) atoms. The van der Waals surface area contributed by atoms with E-state index in [-0.39, 0.29) is 64.9 Å². The number of urea groups is 1. The highest BCUT2D eigenvalue weighted by atomic mass is 16.6. The van der Waals surface area contributed by atoms with E-state index in [0.717, 1.165) is 57.8 Å². The summed E-state index contributed by atoms with van der Waals surface area (Å²) in [5, 5.41) is 13.6. The first-order valence-corrected chi connectivity index (χ1v) is 31.6. The number of aryl methyl sites for hydroxylation is 1. The molecule has 2 saturated carbocycles. The maximum Gasteiger partial charge on any atom is 0.512 e. The van der Waals surface area contributed by atoms with Crippen molar-refractivity contribution >= 4 is 30.3 Å². The van der Waals surface area contributed by atoms with Crippen molar-refractivity contribution in [2.75, 3.05) is 38.2 Å². The molecule has 1 heterocycles. The summed E-state index contributed by atoms with van der Waals surface area (Å²) in [6.45, 7) is 25.4. The average molecular weight is 1100 g/mol. The molecule has 2 aliphatic rings. The molecule has 1 aromatic heterocycles. The number of amides is 5. The van der Waals surface area contributed by atoms with Crippen LogP contribution in [0.1, 0.15) is 273 Å². The molecule has 1 aromatic rings. The van der Waals surface area contributed by atoms with E-state index in [4.69, 9.17) is 14.2 Å². The van der Waals surface area contributed by atoms with E-state index < -0.39 is 17.7 Å². The van der Waals surface area contributed by atoms with Crippen LogP contribution < -0.4 is 32.1 Å². The van der Waals surface area contributed by atoms with E-state index in [0.29, 0.717) is 55.8 Å². The van der Waals surface area contributed by atoms with Crippen LogP contribution in [0.25, 0.3) is 0 Å². The predicted octanol–water partition coefficient (Wildman–Crippen LogP) is 14.7. The summed E-state index contributed by atoms with van der Waals surface area (Å²) in [5.41, 5.74) is -0.342. The zero-order valence-electron chi connectivity index (χ0n) is 51.6. The number of quaternary nitrogens is 1. The summed E-state index contributed by atoms with van der Waals surface area (Å²) in [4.78, 5) is 73.3. The number of alkyl carbamates (subject to hydrolysis) is 2. The zero-order chi connectivity index (χ0) is 57.5. The number of aromatic amines is 1. The standard InChI is InChI=1S/C63H115N7O8/c1-12-16-20-24-26-30-34-49(32-28-22-18-14-3)42-77-58(74)67-51-38-60(6,7)44-62(10,40-51)46-64-56(72)70-55-66-48(5)53(54(71)69-55)36-37-76-57(73)65-47-63(11)41-52(39-61(8,9)45-63)68-59(75)78-43-50(33-29-23-19-15-4)35-31-27-25-21-17-13-2/h49-52H,12-47H2,1-11H3,(H,65,73)(H,67,74)(H,68,75)(H3,64,66,69,70,71,72)/p+1. The second-order valence-electron chi connectivity index (χ2n) is 26.7. The minimum atomic E-state index is -0.570. The Morgan fingerprint density at radius 2 is 1.08 bits per heavy atom. The molecule has 3 rings (SSSR count). The van der Waals surface area contributed by atoms with Gasteiger partial charge in [0.05, 0.1) is 24.9 Å². The number of rotatable bonds is 38. The Hall–Kier alpha value is -3.88. The van der Waals surface area contributed by atoms with Crippen LogP contribution in [0.3, 0.4) is 0 Å². The normalized spacial score (nSPS) is 21.5. The molecule has 2 fully saturated rings. The fourth-order valence-electron chi connectivity index (χ4n) is 13.4. The molecule has 0 bridgehead atoms. The third kappa shape index (κ3) is 29.0. The summed E-state index contributed by atoms with van der Waals surface area (Å²) < 4.78 is 17.4. The van der Waals surface area contributed by atoms with E-state index in [1.807, 2.05) is 0 Å². The molecule has 0 aliphatic heterocycles. The van der Waals surface area contributed by atoms with Crippen LogP contribution in [0.4, 0.5) is 25.1 Å². The Morgan fingerprint density at radius 3 is 1.62 bits per heavy atom. The van der Waals surface area contributed by atoms with Crippen molar-refractivity contribution < 1.29 is 38.7 Å². The first-order valence-electron chi connectivity index (χ1n) is 31.6. The molecule has 0 radical (unpaired) electrons. The van der Waals surface area contributed by atoms with Crippen molar-refractivity contribution in [2.24, 2.45) is 33.5 Å². The molecule has 2 aliphatic carbocycles. The van der Waals surface area contributed by atoms with Crippen molar-refractivity contribution in [3.8, 4) is 0 Å². The van der Waals surface area contributed by atoms with E-state index in [1.54, 1.807) is 12.2 Å². The monoisotopic (exact) mass is 1100 g/mol. The van der Waals surface area contributed by atoms with Crippen LogP contribution in [0.5, 0.6) is 0 Å². The van der Waals surface area contributed by atoms with Gasteiger partial charge in [0.25, 0.3) is 5.56 Å². The number of nitrogens with two attached hydrogens (primary N) is 1. The molecule has 450 valence electrons. The van der Waals surface area contributed by atoms with E-state index in [9.17, 15) is 24.0 Å². The lowest BCUT2D eigenvalue weighted by atomic mass is 9.62. The number of carbonyl (C=O) groups excluding carboxylic acids is 4. The Kier molecular flexibility index (Phi) is 32.0. The fourth-order valence-corrected chi connectivity index (χ4v) is 13.4.